The Bertz CT molecular complexity index is 860. The molecule has 0 saturated heterocycles. The molecule has 0 fully saturated rings. The van der Waals surface area contributed by atoms with Gasteiger partial charge in [0.05, 0.1) is 6.61 Å². The average molecular weight is 510 g/mol. The molecule has 2 rings (SSSR count). The molecule has 2 amide bonds. The lowest BCUT2D eigenvalue weighted by atomic mass is 10.1. The number of halogens is 2. The molecule has 2 atom stereocenters. The van der Waals surface area contributed by atoms with Gasteiger partial charge in [0, 0.05) is 28.5 Å². The molecule has 0 aliphatic rings. The standard InChI is InChI=1S/C24H30BrClN2O3/c1-4-17(2)27-24(30)18(3)28(16-19-7-5-8-20(25)15-19)23(29)9-6-14-31-22-12-10-21(26)11-13-22/h5,7-8,10-13,15,17-18H,4,6,9,14,16H2,1-3H3,(H,27,30)/t17-,18-/m0/s1. The Morgan fingerprint density at radius 3 is 2.52 bits per heavy atom. The average Bonchev–Trinajstić information content (AvgIpc) is 2.75. The fourth-order valence-electron chi connectivity index (χ4n) is 2.97. The number of nitrogens with zero attached hydrogens (tertiary/aromatic N) is 1. The van der Waals surface area contributed by atoms with E-state index >= 15 is 0 Å². The highest BCUT2D eigenvalue weighted by molar-refractivity contribution is 9.10. The van der Waals surface area contributed by atoms with Gasteiger partial charge >= 0.3 is 0 Å². The highest BCUT2D eigenvalue weighted by Crippen LogP contribution is 2.18. The van der Waals surface area contributed by atoms with Crippen LogP contribution in [0.2, 0.25) is 5.02 Å². The van der Waals surface area contributed by atoms with Gasteiger partial charge in [0.1, 0.15) is 11.8 Å². The molecule has 31 heavy (non-hydrogen) atoms. The summed E-state index contributed by atoms with van der Waals surface area (Å²) in [5.41, 5.74) is 0.961. The molecule has 1 N–H and O–H groups in total. The van der Waals surface area contributed by atoms with E-state index in [4.69, 9.17) is 16.3 Å². The second kappa shape index (κ2) is 12.7. The Kier molecular flexibility index (Phi) is 10.3. The van der Waals surface area contributed by atoms with Gasteiger partial charge in [-0.15, -0.1) is 0 Å². The monoisotopic (exact) mass is 508 g/mol. The van der Waals surface area contributed by atoms with Crippen molar-refractivity contribution < 1.29 is 14.3 Å². The second-order valence-corrected chi connectivity index (χ2v) is 8.90. The van der Waals surface area contributed by atoms with Crippen molar-refractivity contribution in [2.45, 2.75) is 58.7 Å². The third kappa shape index (κ3) is 8.54. The molecule has 2 aromatic rings. The zero-order valence-corrected chi connectivity index (χ0v) is 20.6. The zero-order valence-electron chi connectivity index (χ0n) is 18.2. The molecule has 0 aliphatic heterocycles. The maximum atomic E-state index is 13.1. The molecular weight excluding hydrogens is 480 g/mol. The SMILES string of the molecule is CC[C@H](C)NC(=O)[C@H](C)N(Cc1cccc(Br)c1)C(=O)CCCOc1ccc(Cl)cc1. The Morgan fingerprint density at radius 2 is 1.87 bits per heavy atom. The molecule has 7 heteroatoms. The van der Waals surface area contributed by atoms with E-state index in [0.29, 0.717) is 36.8 Å². The summed E-state index contributed by atoms with van der Waals surface area (Å²) in [5.74, 6) is 0.491. The van der Waals surface area contributed by atoms with Crippen molar-refractivity contribution in [2.24, 2.45) is 0 Å². The van der Waals surface area contributed by atoms with Crippen LogP contribution >= 0.6 is 27.5 Å². The summed E-state index contributed by atoms with van der Waals surface area (Å²) in [5, 5.41) is 3.63. The number of benzene rings is 2. The van der Waals surface area contributed by atoms with Crippen molar-refractivity contribution in [1.82, 2.24) is 10.2 Å². The number of hydrogen-bond acceptors (Lipinski definition) is 3. The predicted octanol–water partition coefficient (Wildman–Crippen LogP) is 5.59. The second-order valence-electron chi connectivity index (χ2n) is 7.55. The molecule has 168 valence electrons. The third-order valence-corrected chi connectivity index (χ3v) is 5.77. The van der Waals surface area contributed by atoms with Crippen molar-refractivity contribution in [3.63, 3.8) is 0 Å². The first-order valence-corrected chi connectivity index (χ1v) is 11.7. The molecule has 0 heterocycles. The van der Waals surface area contributed by atoms with E-state index in [0.717, 1.165) is 16.5 Å². The van der Waals surface area contributed by atoms with E-state index in [9.17, 15) is 9.59 Å². The zero-order chi connectivity index (χ0) is 22.8. The maximum absolute atomic E-state index is 13.1. The predicted molar refractivity (Wildman–Crippen MR) is 128 cm³/mol. The molecule has 0 unspecified atom stereocenters. The van der Waals surface area contributed by atoms with Crippen LogP contribution in [0.5, 0.6) is 5.75 Å². The fraction of sp³-hybridized carbons (Fsp3) is 0.417. The highest BCUT2D eigenvalue weighted by atomic mass is 79.9. The Labute approximate surface area is 198 Å². The molecule has 0 aromatic heterocycles. The van der Waals surface area contributed by atoms with Crippen LogP contribution < -0.4 is 10.1 Å². The first-order valence-electron chi connectivity index (χ1n) is 10.5. The van der Waals surface area contributed by atoms with Crippen molar-refractivity contribution in [1.29, 1.82) is 0 Å². The largest absolute Gasteiger partial charge is 0.494 e. The summed E-state index contributed by atoms with van der Waals surface area (Å²) in [6, 6.07) is 14.4. The first kappa shape index (κ1) is 25.2. The summed E-state index contributed by atoms with van der Waals surface area (Å²) >= 11 is 9.35. The van der Waals surface area contributed by atoms with E-state index in [1.165, 1.54) is 0 Å². The number of ether oxygens (including phenoxy) is 1. The summed E-state index contributed by atoms with van der Waals surface area (Å²) in [6.07, 6.45) is 1.68. The van der Waals surface area contributed by atoms with Gasteiger partial charge in [-0.25, -0.2) is 0 Å². The van der Waals surface area contributed by atoms with Gasteiger partial charge in [-0.05, 0) is 68.7 Å². The van der Waals surface area contributed by atoms with Crippen LogP contribution in [0, 0.1) is 0 Å². The van der Waals surface area contributed by atoms with Crippen molar-refractivity contribution in [3.8, 4) is 5.75 Å². The van der Waals surface area contributed by atoms with Crippen molar-refractivity contribution >= 4 is 39.3 Å². The molecule has 5 nitrogen and oxygen atoms in total. The molecule has 0 spiro atoms. The Hall–Kier alpha value is -2.05. The molecule has 2 aromatic carbocycles. The first-order chi connectivity index (χ1) is 14.8. The van der Waals surface area contributed by atoms with Crippen molar-refractivity contribution in [3.05, 3.63) is 63.6 Å². The van der Waals surface area contributed by atoms with Gasteiger partial charge in [0.15, 0.2) is 0 Å². The number of hydrogen-bond donors (Lipinski definition) is 1. The lowest BCUT2D eigenvalue weighted by Gasteiger charge is -2.30. The van der Waals surface area contributed by atoms with E-state index in [1.54, 1.807) is 36.1 Å². The van der Waals surface area contributed by atoms with Gasteiger partial charge in [-0.2, -0.15) is 0 Å². The maximum Gasteiger partial charge on any atom is 0.242 e. The van der Waals surface area contributed by atoms with Crippen LogP contribution in [0.3, 0.4) is 0 Å². The number of rotatable bonds is 11. The molecule has 0 aliphatic carbocycles. The fourth-order valence-corrected chi connectivity index (χ4v) is 3.54. The van der Waals surface area contributed by atoms with Gasteiger partial charge in [-0.1, -0.05) is 46.6 Å². The summed E-state index contributed by atoms with van der Waals surface area (Å²) in [7, 11) is 0. The van der Waals surface area contributed by atoms with Crippen LogP contribution in [0.4, 0.5) is 0 Å². The summed E-state index contributed by atoms with van der Waals surface area (Å²) < 4.78 is 6.62. The van der Waals surface area contributed by atoms with Gasteiger partial charge in [0.25, 0.3) is 0 Å². The quantitative estimate of drug-likeness (QED) is 0.402. The van der Waals surface area contributed by atoms with Crippen LogP contribution in [0.15, 0.2) is 53.0 Å². The third-order valence-electron chi connectivity index (χ3n) is 5.03. The number of carbonyl (C=O) groups is 2. The lowest BCUT2D eigenvalue weighted by molar-refractivity contribution is -0.141. The highest BCUT2D eigenvalue weighted by Gasteiger charge is 2.26. The molecular formula is C24H30BrClN2O3. The Balaban J connectivity index is 2.00. The van der Waals surface area contributed by atoms with Gasteiger partial charge in [-0.3, -0.25) is 9.59 Å². The van der Waals surface area contributed by atoms with Crippen LogP contribution in [-0.2, 0) is 16.1 Å². The lowest BCUT2D eigenvalue weighted by Crippen LogP contribution is -2.49. The number of carbonyl (C=O) groups excluding carboxylic acids is 2. The van der Waals surface area contributed by atoms with E-state index < -0.39 is 6.04 Å². The van der Waals surface area contributed by atoms with E-state index in [1.807, 2.05) is 38.1 Å². The molecule has 0 saturated carbocycles. The van der Waals surface area contributed by atoms with Crippen LogP contribution in [0.25, 0.3) is 0 Å². The number of amides is 2. The summed E-state index contributed by atoms with van der Waals surface area (Å²) in [4.78, 5) is 27.4. The Morgan fingerprint density at radius 1 is 1.16 bits per heavy atom. The van der Waals surface area contributed by atoms with Crippen LogP contribution in [-0.4, -0.2) is 35.4 Å². The van der Waals surface area contributed by atoms with E-state index in [2.05, 4.69) is 21.2 Å². The van der Waals surface area contributed by atoms with Crippen LogP contribution in [0.1, 0.15) is 45.6 Å². The summed E-state index contributed by atoms with van der Waals surface area (Å²) in [6.45, 7) is 6.52. The topological polar surface area (TPSA) is 58.6 Å². The van der Waals surface area contributed by atoms with Crippen molar-refractivity contribution in [2.75, 3.05) is 6.61 Å². The molecule has 0 radical (unpaired) electrons. The minimum absolute atomic E-state index is 0.0607. The van der Waals surface area contributed by atoms with E-state index in [-0.39, 0.29) is 17.9 Å². The smallest absolute Gasteiger partial charge is 0.242 e. The minimum Gasteiger partial charge on any atom is -0.494 e. The van der Waals surface area contributed by atoms with Gasteiger partial charge < -0.3 is 15.0 Å². The minimum atomic E-state index is -0.572. The molecule has 0 bridgehead atoms. The normalized spacial score (nSPS) is 12.7. The number of nitrogens with one attached hydrogen (secondary N) is 1. The van der Waals surface area contributed by atoms with Gasteiger partial charge in [0.2, 0.25) is 11.8 Å².